The highest BCUT2D eigenvalue weighted by Gasteiger charge is 2.45. The number of ether oxygens (including phenoxy) is 3. The standard InChI is InChI=1S/C21H32O8/c1-10-4-5-14-12(3)20(26)28-15(14)8-11(2)7-13(6-10)27-21-19(25)18(24)17(23)16(9-22)29-21/h6,8,12-19,21-25H,4-5,7,9H2,1-3H3/b10-6-,11-8-/t12-,13+,14-,15+,16+,17+,18-,19-,21+/m0/s1. The van der Waals surface area contributed by atoms with E-state index in [1.165, 1.54) is 0 Å². The number of aliphatic hydroxyl groups is 4. The second kappa shape index (κ2) is 9.24. The predicted molar refractivity (Wildman–Crippen MR) is 103 cm³/mol. The van der Waals surface area contributed by atoms with Gasteiger partial charge >= 0.3 is 5.97 Å². The Kier molecular flexibility index (Phi) is 7.14. The smallest absolute Gasteiger partial charge is 0.309 e. The van der Waals surface area contributed by atoms with Gasteiger partial charge in [-0.1, -0.05) is 24.1 Å². The van der Waals surface area contributed by atoms with Crippen LogP contribution in [-0.2, 0) is 19.0 Å². The molecule has 0 amide bonds. The summed E-state index contributed by atoms with van der Waals surface area (Å²) in [6.45, 7) is 5.33. The SMILES string of the molecule is C/C1=C/[C@@H](O[C@@H]2O[C@H](CO)[C@@H](O)[C@H](O)[C@@H]2O)C/C(C)=C\[C@H]2OC(=O)[C@@H](C)[C@@H]2CC1. The van der Waals surface area contributed by atoms with Crippen LogP contribution in [0.5, 0.6) is 0 Å². The minimum Gasteiger partial charge on any atom is -0.458 e. The summed E-state index contributed by atoms with van der Waals surface area (Å²) in [5, 5.41) is 39.5. The minimum absolute atomic E-state index is 0.127. The molecule has 0 aromatic carbocycles. The molecule has 2 aliphatic heterocycles. The van der Waals surface area contributed by atoms with E-state index in [0.717, 1.165) is 24.0 Å². The second-order valence-electron chi connectivity index (χ2n) is 8.49. The molecule has 8 nitrogen and oxygen atoms in total. The zero-order valence-electron chi connectivity index (χ0n) is 17.1. The first-order valence-corrected chi connectivity index (χ1v) is 10.2. The molecular weight excluding hydrogens is 380 g/mol. The molecule has 0 bridgehead atoms. The van der Waals surface area contributed by atoms with Crippen molar-refractivity contribution in [1.82, 2.24) is 0 Å². The van der Waals surface area contributed by atoms with E-state index >= 15 is 0 Å². The number of rotatable bonds is 3. The van der Waals surface area contributed by atoms with Gasteiger partial charge in [0.2, 0.25) is 0 Å². The first kappa shape index (κ1) is 22.4. The zero-order chi connectivity index (χ0) is 21.3. The highest BCUT2D eigenvalue weighted by Crippen LogP contribution is 2.35. The Balaban J connectivity index is 1.76. The molecule has 0 aromatic heterocycles. The molecule has 2 fully saturated rings. The lowest BCUT2D eigenvalue weighted by atomic mass is 9.84. The number of allylic oxidation sites excluding steroid dienone is 1. The van der Waals surface area contributed by atoms with Crippen molar-refractivity contribution in [3.8, 4) is 0 Å². The largest absolute Gasteiger partial charge is 0.458 e. The molecule has 0 unspecified atom stereocenters. The summed E-state index contributed by atoms with van der Waals surface area (Å²) < 4.78 is 17.0. The van der Waals surface area contributed by atoms with Gasteiger partial charge in [-0.2, -0.15) is 0 Å². The fourth-order valence-electron chi connectivity index (χ4n) is 4.32. The van der Waals surface area contributed by atoms with Gasteiger partial charge in [0.25, 0.3) is 0 Å². The van der Waals surface area contributed by atoms with Gasteiger partial charge in [0.05, 0.1) is 18.6 Å². The molecule has 9 atom stereocenters. The van der Waals surface area contributed by atoms with Gasteiger partial charge in [0, 0.05) is 5.92 Å². The molecule has 0 spiro atoms. The van der Waals surface area contributed by atoms with Crippen molar-refractivity contribution in [2.24, 2.45) is 11.8 Å². The average molecular weight is 412 g/mol. The van der Waals surface area contributed by atoms with Crippen LogP contribution < -0.4 is 0 Å². The highest BCUT2D eigenvalue weighted by atomic mass is 16.7. The van der Waals surface area contributed by atoms with Crippen LogP contribution in [0.2, 0.25) is 0 Å². The molecule has 1 aliphatic carbocycles. The van der Waals surface area contributed by atoms with Crippen molar-refractivity contribution in [2.45, 2.75) is 82.9 Å². The lowest BCUT2D eigenvalue weighted by Gasteiger charge is -2.40. The van der Waals surface area contributed by atoms with Gasteiger partial charge in [0.1, 0.15) is 30.5 Å². The number of hydrogen-bond acceptors (Lipinski definition) is 8. The Hall–Kier alpha value is -1.29. The van der Waals surface area contributed by atoms with E-state index in [1.54, 1.807) is 0 Å². The quantitative estimate of drug-likeness (QED) is 0.388. The second-order valence-corrected chi connectivity index (χ2v) is 8.49. The topological polar surface area (TPSA) is 126 Å². The Labute approximate surface area is 170 Å². The summed E-state index contributed by atoms with van der Waals surface area (Å²) in [7, 11) is 0. The van der Waals surface area contributed by atoms with Crippen LogP contribution in [0, 0.1) is 11.8 Å². The molecule has 8 heteroatoms. The van der Waals surface area contributed by atoms with Crippen molar-refractivity contribution in [2.75, 3.05) is 6.61 Å². The fourth-order valence-corrected chi connectivity index (χ4v) is 4.32. The summed E-state index contributed by atoms with van der Waals surface area (Å²) in [5.41, 5.74) is 2.06. The summed E-state index contributed by atoms with van der Waals surface area (Å²) in [5.74, 6) is -0.153. The number of carbonyl (C=O) groups is 1. The summed E-state index contributed by atoms with van der Waals surface area (Å²) in [6, 6.07) is 0. The molecule has 2 saturated heterocycles. The monoisotopic (exact) mass is 412 g/mol. The van der Waals surface area contributed by atoms with E-state index in [-0.39, 0.29) is 23.9 Å². The van der Waals surface area contributed by atoms with Crippen molar-refractivity contribution in [3.63, 3.8) is 0 Å². The molecular formula is C21H32O8. The molecule has 4 N–H and O–H groups in total. The number of fused-ring (bicyclic) bond motifs is 1. The summed E-state index contributed by atoms with van der Waals surface area (Å²) >= 11 is 0. The van der Waals surface area contributed by atoms with E-state index in [2.05, 4.69) is 0 Å². The first-order chi connectivity index (χ1) is 13.7. The van der Waals surface area contributed by atoms with Crippen molar-refractivity contribution in [3.05, 3.63) is 23.3 Å². The first-order valence-electron chi connectivity index (χ1n) is 10.2. The van der Waals surface area contributed by atoms with Gasteiger partial charge in [-0.25, -0.2) is 0 Å². The van der Waals surface area contributed by atoms with Crippen LogP contribution in [0.15, 0.2) is 23.3 Å². The van der Waals surface area contributed by atoms with Crippen LogP contribution in [0.3, 0.4) is 0 Å². The Morgan fingerprint density at radius 3 is 2.52 bits per heavy atom. The van der Waals surface area contributed by atoms with Crippen LogP contribution in [0.25, 0.3) is 0 Å². The number of carbonyl (C=O) groups excluding carboxylic acids is 1. The van der Waals surface area contributed by atoms with E-state index in [9.17, 15) is 25.2 Å². The predicted octanol–water partition coefficient (Wildman–Crippen LogP) is 0.426. The van der Waals surface area contributed by atoms with Crippen molar-refractivity contribution in [1.29, 1.82) is 0 Å². The lowest BCUT2D eigenvalue weighted by molar-refractivity contribution is -0.307. The molecule has 3 aliphatic rings. The average Bonchev–Trinajstić information content (AvgIpc) is 2.93. The van der Waals surface area contributed by atoms with Crippen LogP contribution in [-0.4, -0.2) is 75.9 Å². The van der Waals surface area contributed by atoms with Gasteiger partial charge in [0.15, 0.2) is 6.29 Å². The Morgan fingerprint density at radius 2 is 1.83 bits per heavy atom. The molecule has 0 aromatic rings. The molecule has 0 radical (unpaired) electrons. The van der Waals surface area contributed by atoms with E-state index < -0.39 is 43.4 Å². The van der Waals surface area contributed by atoms with Gasteiger partial charge in [-0.15, -0.1) is 0 Å². The summed E-state index contributed by atoms with van der Waals surface area (Å²) in [4.78, 5) is 12.0. The molecule has 29 heavy (non-hydrogen) atoms. The van der Waals surface area contributed by atoms with Crippen LogP contribution >= 0.6 is 0 Å². The van der Waals surface area contributed by atoms with E-state index in [1.807, 2.05) is 32.9 Å². The highest BCUT2D eigenvalue weighted by molar-refractivity contribution is 5.75. The van der Waals surface area contributed by atoms with Crippen LogP contribution in [0.4, 0.5) is 0 Å². The summed E-state index contributed by atoms with van der Waals surface area (Å²) in [6.07, 6.45) is -1.24. The normalized spacial score (nSPS) is 47.4. The molecule has 0 saturated carbocycles. The molecule has 3 rings (SSSR count). The number of esters is 1. The van der Waals surface area contributed by atoms with E-state index in [4.69, 9.17) is 14.2 Å². The Morgan fingerprint density at radius 1 is 1.10 bits per heavy atom. The Bertz CT molecular complexity index is 657. The third-order valence-electron chi connectivity index (χ3n) is 6.16. The van der Waals surface area contributed by atoms with Crippen molar-refractivity contribution >= 4 is 5.97 Å². The van der Waals surface area contributed by atoms with Gasteiger partial charge in [-0.3, -0.25) is 4.79 Å². The van der Waals surface area contributed by atoms with Gasteiger partial charge < -0.3 is 34.6 Å². The lowest BCUT2D eigenvalue weighted by Crippen LogP contribution is -2.59. The number of hydrogen-bond donors (Lipinski definition) is 4. The zero-order valence-corrected chi connectivity index (χ0v) is 17.1. The maximum Gasteiger partial charge on any atom is 0.309 e. The third kappa shape index (κ3) is 4.90. The minimum atomic E-state index is -1.48. The fraction of sp³-hybridized carbons (Fsp3) is 0.762. The molecule has 2 heterocycles. The third-order valence-corrected chi connectivity index (χ3v) is 6.16. The number of aliphatic hydroxyl groups excluding tert-OH is 4. The maximum atomic E-state index is 12.0. The maximum absolute atomic E-state index is 12.0. The van der Waals surface area contributed by atoms with Crippen LogP contribution in [0.1, 0.15) is 40.0 Å². The molecule has 164 valence electrons. The van der Waals surface area contributed by atoms with Gasteiger partial charge in [-0.05, 0) is 39.2 Å². The van der Waals surface area contributed by atoms with Crippen molar-refractivity contribution < 1.29 is 39.4 Å². The van der Waals surface area contributed by atoms with E-state index in [0.29, 0.717) is 6.42 Å².